The van der Waals surface area contributed by atoms with Crippen molar-refractivity contribution >= 4 is 11.9 Å². The van der Waals surface area contributed by atoms with Gasteiger partial charge in [-0.1, -0.05) is 29.9 Å². The van der Waals surface area contributed by atoms with E-state index in [2.05, 4.69) is 6.08 Å². The lowest BCUT2D eigenvalue weighted by atomic mass is 9.88. The van der Waals surface area contributed by atoms with Crippen LogP contribution in [-0.4, -0.2) is 27.7 Å². The number of fused-ring (bicyclic) bond motifs is 2. The van der Waals surface area contributed by atoms with Crippen LogP contribution in [0, 0.1) is 0 Å². The summed E-state index contributed by atoms with van der Waals surface area (Å²) in [6.07, 6.45) is 4.33. The Morgan fingerprint density at radius 3 is 2.53 bits per heavy atom. The number of allylic oxidation sites excluding steroid dienone is 2. The SMILES string of the molecule is CC(C)=CCc1c2c(cc3c1OC(c1ccc(O)cc1)C(O)C3=O)C=CC(C)(C)O2. The summed E-state index contributed by atoms with van der Waals surface area (Å²) in [6, 6.07) is 8.06. The van der Waals surface area contributed by atoms with Crippen LogP contribution >= 0.6 is 0 Å². The van der Waals surface area contributed by atoms with Gasteiger partial charge in [0.15, 0.2) is 18.0 Å². The maximum Gasteiger partial charge on any atom is 0.199 e. The smallest absolute Gasteiger partial charge is 0.199 e. The quantitative estimate of drug-likeness (QED) is 0.719. The molecule has 0 aromatic heterocycles. The van der Waals surface area contributed by atoms with Gasteiger partial charge in [-0.3, -0.25) is 4.79 Å². The highest BCUT2D eigenvalue weighted by Crippen LogP contribution is 2.46. The average Bonchev–Trinajstić information content (AvgIpc) is 2.68. The van der Waals surface area contributed by atoms with Gasteiger partial charge in [0.1, 0.15) is 22.8 Å². The second-order valence-electron chi connectivity index (χ2n) is 8.61. The maximum atomic E-state index is 13.1. The van der Waals surface area contributed by atoms with Gasteiger partial charge in [0.25, 0.3) is 0 Å². The Kier molecular flexibility index (Phi) is 4.94. The zero-order valence-corrected chi connectivity index (χ0v) is 17.6. The number of phenols is 1. The van der Waals surface area contributed by atoms with E-state index in [9.17, 15) is 15.0 Å². The second kappa shape index (κ2) is 7.33. The molecule has 0 saturated carbocycles. The van der Waals surface area contributed by atoms with Crippen LogP contribution in [0.15, 0.2) is 48.1 Å². The van der Waals surface area contributed by atoms with Crippen LogP contribution in [0.25, 0.3) is 6.08 Å². The van der Waals surface area contributed by atoms with Gasteiger partial charge in [0, 0.05) is 11.1 Å². The first-order valence-corrected chi connectivity index (χ1v) is 10.1. The number of phenolic OH excluding ortho intramolecular Hbond substituents is 1. The van der Waals surface area contributed by atoms with Crippen molar-refractivity contribution < 1.29 is 24.5 Å². The van der Waals surface area contributed by atoms with E-state index in [0.717, 1.165) is 16.7 Å². The number of aromatic hydroxyl groups is 1. The standard InChI is InChI=1S/C25H26O5/c1-14(2)5-10-18-22-16(11-12-25(3,4)30-22)13-19-20(27)21(28)23(29-24(18)19)15-6-8-17(26)9-7-15/h5-9,11-13,21,23,26,28H,10H2,1-4H3. The maximum absolute atomic E-state index is 13.1. The third-order valence-electron chi connectivity index (χ3n) is 5.39. The summed E-state index contributed by atoms with van der Waals surface area (Å²) in [7, 11) is 0. The fraction of sp³-hybridized carbons (Fsp3) is 0.320. The van der Waals surface area contributed by atoms with Crippen LogP contribution in [0.1, 0.15) is 60.8 Å². The van der Waals surface area contributed by atoms with Crippen LogP contribution in [0.4, 0.5) is 0 Å². The molecule has 4 rings (SSSR count). The number of ketones is 1. The number of Topliss-reactive ketones (excluding diaryl/α,β-unsaturated/α-hetero) is 1. The molecule has 5 heteroatoms. The number of hydrogen-bond acceptors (Lipinski definition) is 5. The summed E-state index contributed by atoms with van der Waals surface area (Å²) >= 11 is 0. The van der Waals surface area contributed by atoms with E-state index in [4.69, 9.17) is 9.47 Å². The lowest BCUT2D eigenvalue weighted by Crippen LogP contribution is -2.37. The van der Waals surface area contributed by atoms with Gasteiger partial charge < -0.3 is 19.7 Å². The molecule has 0 amide bonds. The molecule has 2 heterocycles. The predicted octanol–water partition coefficient (Wildman–Crippen LogP) is 4.76. The molecule has 2 aliphatic heterocycles. The Hall–Kier alpha value is -3.05. The van der Waals surface area contributed by atoms with Crippen molar-refractivity contribution in [2.45, 2.75) is 51.9 Å². The number of carbonyl (C=O) groups excluding carboxylic acids is 1. The van der Waals surface area contributed by atoms with Crippen molar-refractivity contribution in [2.24, 2.45) is 0 Å². The van der Waals surface area contributed by atoms with Crippen molar-refractivity contribution in [3.63, 3.8) is 0 Å². The molecule has 5 nitrogen and oxygen atoms in total. The van der Waals surface area contributed by atoms with Gasteiger partial charge in [0.2, 0.25) is 0 Å². The fourth-order valence-corrected chi connectivity index (χ4v) is 3.77. The monoisotopic (exact) mass is 406 g/mol. The zero-order chi connectivity index (χ0) is 21.6. The second-order valence-corrected chi connectivity index (χ2v) is 8.61. The number of aliphatic hydroxyl groups is 1. The van der Waals surface area contributed by atoms with Gasteiger partial charge >= 0.3 is 0 Å². The highest BCUT2D eigenvalue weighted by molar-refractivity contribution is 6.04. The van der Waals surface area contributed by atoms with E-state index in [-0.39, 0.29) is 11.5 Å². The van der Waals surface area contributed by atoms with Gasteiger partial charge in [0.05, 0.1) is 5.56 Å². The molecule has 2 atom stereocenters. The molecule has 0 bridgehead atoms. The molecule has 0 radical (unpaired) electrons. The molecular weight excluding hydrogens is 380 g/mol. The Labute approximate surface area is 176 Å². The van der Waals surface area contributed by atoms with Crippen LogP contribution < -0.4 is 9.47 Å². The Balaban J connectivity index is 1.88. The first kappa shape index (κ1) is 20.2. The molecule has 2 N–H and O–H groups in total. The summed E-state index contributed by atoms with van der Waals surface area (Å²) < 4.78 is 12.5. The molecule has 156 valence electrons. The molecule has 0 spiro atoms. The largest absolute Gasteiger partial charge is 0.508 e. The number of carbonyl (C=O) groups is 1. The van der Waals surface area contributed by atoms with Gasteiger partial charge in [-0.15, -0.1) is 0 Å². The fourth-order valence-electron chi connectivity index (χ4n) is 3.77. The third-order valence-corrected chi connectivity index (χ3v) is 5.39. The molecular formula is C25H26O5. The summed E-state index contributed by atoms with van der Waals surface area (Å²) in [5.74, 6) is 0.878. The van der Waals surface area contributed by atoms with Crippen molar-refractivity contribution in [3.8, 4) is 17.2 Å². The summed E-state index contributed by atoms with van der Waals surface area (Å²) in [5.41, 5.74) is 3.25. The lowest BCUT2D eigenvalue weighted by molar-refractivity contribution is 0.0209. The van der Waals surface area contributed by atoms with Crippen molar-refractivity contribution in [2.75, 3.05) is 0 Å². The van der Waals surface area contributed by atoms with Crippen LogP contribution in [0.2, 0.25) is 0 Å². The summed E-state index contributed by atoms with van der Waals surface area (Å²) in [4.78, 5) is 13.1. The predicted molar refractivity (Wildman–Crippen MR) is 115 cm³/mol. The van der Waals surface area contributed by atoms with Gasteiger partial charge in [-0.05, 0) is 64.0 Å². The Bertz CT molecular complexity index is 1060. The van der Waals surface area contributed by atoms with E-state index in [1.165, 1.54) is 12.1 Å². The minimum absolute atomic E-state index is 0.108. The molecule has 2 aliphatic rings. The van der Waals surface area contributed by atoms with E-state index >= 15 is 0 Å². The van der Waals surface area contributed by atoms with E-state index in [1.807, 2.05) is 39.8 Å². The number of ether oxygens (including phenoxy) is 2. The number of benzene rings is 2. The molecule has 2 aromatic carbocycles. The van der Waals surface area contributed by atoms with Crippen molar-refractivity contribution in [1.29, 1.82) is 0 Å². The highest BCUT2D eigenvalue weighted by atomic mass is 16.5. The third kappa shape index (κ3) is 3.61. The number of hydrogen-bond donors (Lipinski definition) is 2. The highest BCUT2D eigenvalue weighted by Gasteiger charge is 2.40. The minimum atomic E-state index is -1.33. The summed E-state index contributed by atoms with van der Waals surface area (Å²) in [6.45, 7) is 7.99. The molecule has 0 saturated heterocycles. The average molecular weight is 406 g/mol. The van der Waals surface area contributed by atoms with Crippen LogP contribution in [-0.2, 0) is 6.42 Å². The molecule has 0 fully saturated rings. The topological polar surface area (TPSA) is 76.0 Å². The van der Waals surface area contributed by atoms with Crippen LogP contribution in [0.3, 0.4) is 0 Å². The van der Waals surface area contributed by atoms with Crippen molar-refractivity contribution in [3.05, 3.63) is 70.3 Å². The van der Waals surface area contributed by atoms with E-state index in [0.29, 0.717) is 29.0 Å². The molecule has 0 aliphatic carbocycles. The van der Waals surface area contributed by atoms with Gasteiger partial charge in [-0.2, -0.15) is 0 Å². The van der Waals surface area contributed by atoms with E-state index < -0.39 is 17.8 Å². The zero-order valence-electron chi connectivity index (χ0n) is 17.6. The molecule has 2 aromatic rings. The Morgan fingerprint density at radius 1 is 1.17 bits per heavy atom. The summed E-state index contributed by atoms with van der Waals surface area (Å²) in [5, 5.41) is 20.3. The number of rotatable bonds is 3. The molecule has 2 unspecified atom stereocenters. The Morgan fingerprint density at radius 2 is 1.87 bits per heavy atom. The first-order valence-electron chi connectivity index (χ1n) is 10.1. The van der Waals surface area contributed by atoms with E-state index in [1.54, 1.807) is 18.2 Å². The van der Waals surface area contributed by atoms with Crippen LogP contribution in [0.5, 0.6) is 17.2 Å². The lowest BCUT2D eigenvalue weighted by Gasteiger charge is -2.35. The minimum Gasteiger partial charge on any atom is -0.508 e. The number of aliphatic hydroxyl groups excluding tert-OH is 1. The molecule has 30 heavy (non-hydrogen) atoms. The van der Waals surface area contributed by atoms with Gasteiger partial charge in [-0.25, -0.2) is 0 Å². The normalized spacial score (nSPS) is 21.2. The van der Waals surface area contributed by atoms with Crippen molar-refractivity contribution in [1.82, 2.24) is 0 Å². The first-order chi connectivity index (χ1) is 14.2.